The predicted molar refractivity (Wildman–Crippen MR) is 97.5 cm³/mol. The van der Waals surface area contributed by atoms with E-state index in [-0.39, 0.29) is 18.2 Å². The number of rotatable bonds is 13. The average molecular weight is 363 g/mol. The number of nitrogens with zero attached hydrogens (tertiary/aromatic N) is 1. The summed E-state index contributed by atoms with van der Waals surface area (Å²) in [6, 6.07) is 0.667. The zero-order chi connectivity index (χ0) is 18.5. The lowest BCUT2D eigenvalue weighted by molar-refractivity contribution is -0.129. The van der Waals surface area contributed by atoms with Gasteiger partial charge in [-0.3, -0.25) is 9.59 Å². The second-order valence-corrected chi connectivity index (χ2v) is 7.48. The summed E-state index contributed by atoms with van der Waals surface area (Å²) in [6.07, 6.45) is 1.48. The van der Waals surface area contributed by atoms with Gasteiger partial charge in [-0.2, -0.15) is 0 Å². The van der Waals surface area contributed by atoms with Crippen LogP contribution in [0.15, 0.2) is 0 Å². The van der Waals surface area contributed by atoms with Crippen LogP contribution in [0.25, 0.3) is 0 Å². The van der Waals surface area contributed by atoms with Crippen molar-refractivity contribution >= 4 is 20.3 Å². The zero-order valence-electron chi connectivity index (χ0n) is 15.9. The quantitative estimate of drug-likeness (QED) is 0.298. The molecule has 0 fully saturated rings. The van der Waals surface area contributed by atoms with Crippen LogP contribution >= 0.6 is 8.53 Å². The minimum Gasteiger partial charge on any atom is -0.359 e. The third-order valence-corrected chi connectivity index (χ3v) is 5.21. The van der Waals surface area contributed by atoms with Crippen LogP contribution in [0.2, 0.25) is 0 Å². The molecule has 0 aliphatic heterocycles. The van der Waals surface area contributed by atoms with Gasteiger partial charge in [0, 0.05) is 25.7 Å². The van der Waals surface area contributed by atoms with Gasteiger partial charge >= 0.3 is 0 Å². The molecular formula is C16H34N3O4P. The van der Waals surface area contributed by atoms with E-state index in [4.69, 9.17) is 9.05 Å². The molecule has 0 heterocycles. The highest BCUT2D eigenvalue weighted by Crippen LogP contribution is 2.45. The normalized spacial score (nSPS) is 12.7. The molecule has 2 N–H and O–H groups in total. The molecule has 0 aromatic rings. The molecule has 0 saturated heterocycles. The van der Waals surface area contributed by atoms with E-state index < -0.39 is 8.53 Å². The van der Waals surface area contributed by atoms with Crippen molar-refractivity contribution in [3.63, 3.8) is 0 Å². The first-order valence-electron chi connectivity index (χ1n) is 8.64. The van der Waals surface area contributed by atoms with Crippen molar-refractivity contribution in [3.05, 3.63) is 0 Å². The second-order valence-electron chi connectivity index (χ2n) is 6.03. The maximum absolute atomic E-state index is 11.5. The van der Waals surface area contributed by atoms with Gasteiger partial charge in [-0.15, -0.1) is 0 Å². The molecule has 1 unspecified atom stereocenters. The van der Waals surface area contributed by atoms with E-state index in [9.17, 15) is 9.59 Å². The SMILES string of the molecule is CCCOP(OCCCNC(=O)CC(=O)NC)N(C(C)C)C(C)C. The Morgan fingerprint density at radius 2 is 1.62 bits per heavy atom. The minimum absolute atomic E-state index is 0.141. The summed E-state index contributed by atoms with van der Waals surface area (Å²) in [7, 11) is 0.410. The first-order chi connectivity index (χ1) is 11.3. The Kier molecular flexibility index (Phi) is 13.1. The third-order valence-electron chi connectivity index (χ3n) is 3.10. The predicted octanol–water partition coefficient (Wildman–Crippen LogP) is 2.42. The number of carbonyl (C=O) groups excluding carboxylic acids is 2. The Bertz CT molecular complexity index is 359. The summed E-state index contributed by atoms with van der Waals surface area (Å²) in [5, 5.41) is 5.13. The monoisotopic (exact) mass is 363 g/mol. The van der Waals surface area contributed by atoms with Gasteiger partial charge in [0.25, 0.3) is 8.53 Å². The van der Waals surface area contributed by atoms with Crippen LogP contribution in [0.1, 0.15) is 53.9 Å². The lowest BCUT2D eigenvalue weighted by atomic mass is 10.3. The standard InChI is InChI=1S/C16H34N3O4P/c1-7-10-22-24(19(13(2)3)14(4)5)23-11-8-9-18-16(21)12-15(20)17-6/h13-14H,7-12H2,1-6H3,(H,17,20)(H,18,21). The molecule has 142 valence electrons. The van der Waals surface area contributed by atoms with Gasteiger partial charge in [0.2, 0.25) is 11.8 Å². The summed E-state index contributed by atoms with van der Waals surface area (Å²) < 4.78 is 14.1. The van der Waals surface area contributed by atoms with Crippen molar-refractivity contribution in [2.75, 3.05) is 26.8 Å². The average Bonchev–Trinajstić information content (AvgIpc) is 2.50. The summed E-state index contributed by atoms with van der Waals surface area (Å²) in [6.45, 7) is 12.3. The first-order valence-corrected chi connectivity index (χ1v) is 9.77. The lowest BCUT2D eigenvalue weighted by Crippen LogP contribution is -2.34. The van der Waals surface area contributed by atoms with Crippen molar-refractivity contribution in [2.45, 2.75) is 66.0 Å². The Labute approximate surface area is 147 Å². The molecule has 0 rings (SSSR count). The fraction of sp³-hybridized carbons (Fsp3) is 0.875. The van der Waals surface area contributed by atoms with Gasteiger partial charge in [0.05, 0.1) is 13.2 Å². The van der Waals surface area contributed by atoms with E-state index in [1.165, 1.54) is 7.05 Å². The highest BCUT2D eigenvalue weighted by molar-refractivity contribution is 7.44. The molecule has 0 aromatic heterocycles. The number of carbonyl (C=O) groups is 2. The van der Waals surface area contributed by atoms with E-state index in [2.05, 4.69) is 49.9 Å². The van der Waals surface area contributed by atoms with Gasteiger partial charge in [0.15, 0.2) is 0 Å². The molecule has 24 heavy (non-hydrogen) atoms. The van der Waals surface area contributed by atoms with Crippen LogP contribution in [0.5, 0.6) is 0 Å². The molecule has 0 radical (unpaired) electrons. The van der Waals surface area contributed by atoms with Gasteiger partial charge in [-0.05, 0) is 40.5 Å². The summed E-state index contributed by atoms with van der Waals surface area (Å²) in [5.74, 6) is -0.561. The molecule has 0 aliphatic rings. The molecule has 0 spiro atoms. The van der Waals surface area contributed by atoms with Gasteiger partial charge in [-0.1, -0.05) is 6.92 Å². The molecule has 0 saturated carbocycles. The highest BCUT2D eigenvalue weighted by atomic mass is 31.2. The molecule has 8 heteroatoms. The fourth-order valence-electron chi connectivity index (χ4n) is 2.05. The Morgan fingerprint density at radius 1 is 1.04 bits per heavy atom. The molecule has 7 nitrogen and oxygen atoms in total. The number of nitrogens with one attached hydrogen (secondary N) is 2. The highest BCUT2D eigenvalue weighted by Gasteiger charge is 2.26. The van der Waals surface area contributed by atoms with E-state index in [0.717, 1.165) is 6.42 Å². The van der Waals surface area contributed by atoms with Crippen LogP contribution in [-0.2, 0) is 18.6 Å². The Hall–Kier alpha value is -0.750. The largest absolute Gasteiger partial charge is 0.359 e. The number of hydrogen-bond donors (Lipinski definition) is 2. The smallest absolute Gasteiger partial charge is 0.259 e. The third kappa shape index (κ3) is 10.2. The van der Waals surface area contributed by atoms with Gasteiger partial charge in [0.1, 0.15) is 6.42 Å². The maximum atomic E-state index is 11.5. The number of amides is 2. The Balaban J connectivity index is 4.23. The van der Waals surface area contributed by atoms with Crippen LogP contribution in [-0.4, -0.2) is 55.4 Å². The number of hydrogen-bond acceptors (Lipinski definition) is 5. The van der Waals surface area contributed by atoms with Crippen molar-refractivity contribution < 1.29 is 18.6 Å². The first kappa shape index (κ1) is 23.2. The van der Waals surface area contributed by atoms with Crippen LogP contribution < -0.4 is 10.6 Å². The fourth-order valence-corrected chi connectivity index (χ4v) is 3.77. The van der Waals surface area contributed by atoms with Crippen molar-refractivity contribution in [3.8, 4) is 0 Å². The van der Waals surface area contributed by atoms with E-state index >= 15 is 0 Å². The molecule has 0 bridgehead atoms. The summed E-state index contributed by atoms with van der Waals surface area (Å²) in [4.78, 5) is 22.6. The summed E-state index contributed by atoms with van der Waals surface area (Å²) in [5.41, 5.74) is 0. The molecule has 1 atom stereocenters. The van der Waals surface area contributed by atoms with Gasteiger partial charge < -0.3 is 19.7 Å². The van der Waals surface area contributed by atoms with E-state index in [1.807, 2.05) is 0 Å². The van der Waals surface area contributed by atoms with Crippen LogP contribution in [0, 0.1) is 0 Å². The van der Waals surface area contributed by atoms with Crippen LogP contribution in [0.4, 0.5) is 0 Å². The lowest BCUT2D eigenvalue weighted by Gasteiger charge is -2.35. The van der Waals surface area contributed by atoms with Crippen molar-refractivity contribution in [2.24, 2.45) is 0 Å². The zero-order valence-corrected chi connectivity index (χ0v) is 16.8. The van der Waals surface area contributed by atoms with Crippen molar-refractivity contribution in [1.29, 1.82) is 0 Å². The Morgan fingerprint density at radius 3 is 2.12 bits per heavy atom. The summed E-state index contributed by atoms with van der Waals surface area (Å²) >= 11 is 0. The van der Waals surface area contributed by atoms with Gasteiger partial charge in [-0.25, -0.2) is 4.67 Å². The molecule has 2 amide bonds. The molecular weight excluding hydrogens is 329 g/mol. The van der Waals surface area contributed by atoms with E-state index in [0.29, 0.717) is 38.3 Å². The van der Waals surface area contributed by atoms with Crippen molar-refractivity contribution in [1.82, 2.24) is 15.3 Å². The minimum atomic E-state index is -1.10. The molecule has 0 aromatic carbocycles. The second kappa shape index (κ2) is 13.5. The van der Waals surface area contributed by atoms with Crippen LogP contribution in [0.3, 0.4) is 0 Å². The molecule has 0 aliphatic carbocycles. The maximum Gasteiger partial charge on any atom is 0.259 e. The topological polar surface area (TPSA) is 79.9 Å². The van der Waals surface area contributed by atoms with E-state index in [1.54, 1.807) is 0 Å².